The summed E-state index contributed by atoms with van der Waals surface area (Å²) in [5, 5.41) is 3.67. The molecular formula is C15H30N2. The summed E-state index contributed by atoms with van der Waals surface area (Å²) in [6.45, 7) is 12.2. The Morgan fingerprint density at radius 1 is 1.18 bits per heavy atom. The minimum Gasteiger partial charge on any atom is -0.314 e. The molecule has 1 saturated heterocycles. The molecule has 0 aromatic heterocycles. The number of piperidine rings is 1. The first-order chi connectivity index (χ1) is 8.11. The van der Waals surface area contributed by atoms with Crippen molar-refractivity contribution in [2.75, 3.05) is 26.2 Å². The van der Waals surface area contributed by atoms with Crippen LogP contribution in [-0.2, 0) is 0 Å². The predicted octanol–water partition coefficient (Wildman–Crippen LogP) is 2.89. The quantitative estimate of drug-likeness (QED) is 0.810. The molecule has 2 unspecified atom stereocenters. The van der Waals surface area contributed by atoms with Crippen LogP contribution in [0.15, 0.2) is 0 Å². The number of nitrogens with one attached hydrogen (secondary N) is 1. The van der Waals surface area contributed by atoms with Crippen LogP contribution >= 0.6 is 0 Å². The average Bonchev–Trinajstić information content (AvgIpc) is 2.70. The van der Waals surface area contributed by atoms with Gasteiger partial charge in [0.2, 0.25) is 0 Å². The molecule has 2 fully saturated rings. The van der Waals surface area contributed by atoms with Crippen LogP contribution in [-0.4, -0.2) is 37.1 Å². The highest BCUT2D eigenvalue weighted by Gasteiger charge is 2.31. The summed E-state index contributed by atoms with van der Waals surface area (Å²) in [5.41, 5.74) is 0.591. The fourth-order valence-electron chi connectivity index (χ4n) is 3.46. The van der Waals surface area contributed by atoms with Gasteiger partial charge in [-0.1, -0.05) is 27.2 Å². The van der Waals surface area contributed by atoms with E-state index in [4.69, 9.17) is 0 Å². The summed E-state index contributed by atoms with van der Waals surface area (Å²) in [6.07, 6.45) is 7.04. The molecule has 100 valence electrons. The summed E-state index contributed by atoms with van der Waals surface area (Å²) in [7, 11) is 0. The Labute approximate surface area is 107 Å². The number of rotatable bonds is 4. The van der Waals surface area contributed by atoms with Gasteiger partial charge in [-0.2, -0.15) is 0 Å². The molecule has 1 N–H and O–H groups in total. The molecule has 1 aliphatic carbocycles. The van der Waals surface area contributed by atoms with Gasteiger partial charge in [0.05, 0.1) is 0 Å². The van der Waals surface area contributed by atoms with E-state index in [9.17, 15) is 0 Å². The third-order valence-corrected chi connectivity index (χ3v) is 4.83. The average molecular weight is 238 g/mol. The molecule has 0 aromatic rings. The fraction of sp³-hybridized carbons (Fsp3) is 1.00. The second-order valence-electron chi connectivity index (χ2n) is 6.82. The number of nitrogens with zero attached hydrogens (tertiary/aromatic N) is 1. The van der Waals surface area contributed by atoms with Crippen LogP contribution in [0.1, 0.15) is 52.9 Å². The van der Waals surface area contributed by atoms with Crippen molar-refractivity contribution in [1.29, 1.82) is 0 Å². The first kappa shape index (κ1) is 13.4. The molecule has 0 amide bonds. The zero-order chi connectivity index (χ0) is 12.3. The van der Waals surface area contributed by atoms with Crippen molar-refractivity contribution in [3.05, 3.63) is 0 Å². The van der Waals surface area contributed by atoms with Crippen molar-refractivity contribution in [2.24, 2.45) is 11.3 Å². The SMILES string of the molecule is CCNC1CCCC1CN1CCC(C)(C)CC1. The highest BCUT2D eigenvalue weighted by molar-refractivity contribution is 4.87. The molecule has 0 radical (unpaired) electrons. The molecule has 2 heteroatoms. The highest BCUT2D eigenvalue weighted by Crippen LogP contribution is 2.32. The van der Waals surface area contributed by atoms with Gasteiger partial charge in [0.15, 0.2) is 0 Å². The van der Waals surface area contributed by atoms with Gasteiger partial charge < -0.3 is 10.2 Å². The number of hydrogen-bond donors (Lipinski definition) is 1. The molecule has 0 aromatic carbocycles. The Hall–Kier alpha value is -0.0800. The minimum absolute atomic E-state index is 0.591. The minimum atomic E-state index is 0.591. The normalized spacial score (nSPS) is 34.1. The molecule has 0 spiro atoms. The van der Waals surface area contributed by atoms with Gasteiger partial charge in [0, 0.05) is 12.6 Å². The Morgan fingerprint density at radius 2 is 1.88 bits per heavy atom. The van der Waals surface area contributed by atoms with E-state index in [0.717, 1.165) is 18.5 Å². The van der Waals surface area contributed by atoms with E-state index >= 15 is 0 Å². The maximum Gasteiger partial charge on any atom is 0.0107 e. The topological polar surface area (TPSA) is 15.3 Å². The Bertz CT molecular complexity index is 227. The zero-order valence-corrected chi connectivity index (χ0v) is 12.0. The van der Waals surface area contributed by atoms with Crippen LogP contribution in [0.4, 0.5) is 0 Å². The first-order valence-electron chi connectivity index (χ1n) is 7.56. The maximum absolute atomic E-state index is 3.67. The summed E-state index contributed by atoms with van der Waals surface area (Å²) in [4.78, 5) is 2.71. The van der Waals surface area contributed by atoms with Gasteiger partial charge >= 0.3 is 0 Å². The maximum atomic E-state index is 3.67. The van der Waals surface area contributed by atoms with E-state index in [1.165, 1.54) is 51.7 Å². The van der Waals surface area contributed by atoms with Gasteiger partial charge in [0.25, 0.3) is 0 Å². The largest absolute Gasteiger partial charge is 0.314 e. The van der Waals surface area contributed by atoms with Crippen LogP contribution in [0.3, 0.4) is 0 Å². The summed E-state index contributed by atoms with van der Waals surface area (Å²) in [5.74, 6) is 0.913. The first-order valence-corrected chi connectivity index (χ1v) is 7.56. The van der Waals surface area contributed by atoms with Crippen molar-refractivity contribution >= 4 is 0 Å². The molecule has 2 atom stereocenters. The number of likely N-dealkylation sites (tertiary alicyclic amines) is 1. The molecule has 1 saturated carbocycles. The molecule has 0 bridgehead atoms. The van der Waals surface area contributed by atoms with Crippen molar-refractivity contribution in [3.63, 3.8) is 0 Å². The van der Waals surface area contributed by atoms with Crippen LogP contribution in [0, 0.1) is 11.3 Å². The van der Waals surface area contributed by atoms with Crippen molar-refractivity contribution in [1.82, 2.24) is 10.2 Å². The zero-order valence-electron chi connectivity index (χ0n) is 12.0. The van der Waals surface area contributed by atoms with Crippen molar-refractivity contribution in [3.8, 4) is 0 Å². The van der Waals surface area contributed by atoms with Gasteiger partial charge in [0.1, 0.15) is 0 Å². The third kappa shape index (κ3) is 3.69. The van der Waals surface area contributed by atoms with Crippen LogP contribution in [0.2, 0.25) is 0 Å². The van der Waals surface area contributed by atoms with Gasteiger partial charge in [-0.25, -0.2) is 0 Å². The van der Waals surface area contributed by atoms with Crippen LogP contribution < -0.4 is 5.32 Å². The smallest absolute Gasteiger partial charge is 0.0107 e. The summed E-state index contributed by atoms with van der Waals surface area (Å²) < 4.78 is 0. The number of hydrogen-bond acceptors (Lipinski definition) is 2. The third-order valence-electron chi connectivity index (χ3n) is 4.83. The lowest BCUT2D eigenvalue weighted by Gasteiger charge is -2.38. The molecule has 1 heterocycles. The molecule has 2 rings (SSSR count). The molecule has 17 heavy (non-hydrogen) atoms. The Kier molecular flexibility index (Phi) is 4.48. The standard InChI is InChI=1S/C15H30N2/c1-4-16-14-7-5-6-13(14)12-17-10-8-15(2,3)9-11-17/h13-14,16H,4-12H2,1-3H3. The van der Waals surface area contributed by atoms with E-state index in [1.54, 1.807) is 0 Å². The Balaban J connectivity index is 1.77. The van der Waals surface area contributed by atoms with E-state index in [2.05, 4.69) is 31.0 Å². The summed E-state index contributed by atoms with van der Waals surface area (Å²) in [6, 6.07) is 0.801. The monoisotopic (exact) mass is 238 g/mol. The lowest BCUT2D eigenvalue weighted by atomic mass is 9.82. The molecule has 2 nitrogen and oxygen atoms in total. The highest BCUT2D eigenvalue weighted by atomic mass is 15.1. The lowest BCUT2D eigenvalue weighted by molar-refractivity contribution is 0.112. The van der Waals surface area contributed by atoms with E-state index in [-0.39, 0.29) is 0 Å². The fourth-order valence-corrected chi connectivity index (χ4v) is 3.46. The van der Waals surface area contributed by atoms with E-state index in [0.29, 0.717) is 5.41 Å². The molecule has 1 aliphatic heterocycles. The summed E-state index contributed by atoms with van der Waals surface area (Å²) >= 11 is 0. The van der Waals surface area contributed by atoms with Crippen molar-refractivity contribution < 1.29 is 0 Å². The molecule has 2 aliphatic rings. The molecular weight excluding hydrogens is 208 g/mol. The second kappa shape index (κ2) is 5.71. The van der Waals surface area contributed by atoms with Gasteiger partial charge in [-0.15, -0.1) is 0 Å². The van der Waals surface area contributed by atoms with Gasteiger partial charge in [-0.3, -0.25) is 0 Å². The second-order valence-corrected chi connectivity index (χ2v) is 6.82. The predicted molar refractivity (Wildman–Crippen MR) is 74.3 cm³/mol. The lowest BCUT2D eigenvalue weighted by Crippen LogP contribution is -2.43. The Morgan fingerprint density at radius 3 is 2.53 bits per heavy atom. The van der Waals surface area contributed by atoms with Crippen LogP contribution in [0.25, 0.3) is 0 Å². The van der Waals surface area contributed by atoms with E-state index in [1.807, 2.05) is 0 Å². The van der Waals surface area contributed by atoms with Gasteiger partial charge in [-0.05, 0) is 56.7 Å². The van der Waals surface area contributed by atoms with E-state index < -0.39 is 0 Å². The van der Waals surface area contributed by atoms with Crippen LogP contribution in [0.5, 0.6) is 0 Å². The van der Waals surface area contributed by atoms with Crippen molar-refractivity contribution in [2.45, 2.75) is 58.9 Å².